The van der Waals surface area contributed by atoms with Gasteiger partial charge in [-0.15, -0.1) is 24.8 Å². The second-order valence-electron chi connectivity index (χ2n) is 7.16. The number of hydrogen-bond donors (Lipinski definition) is 1. The maximum Gasteiger partial charge on any atom is 0.251 e. The number of fused-ring (bicyclic) bond motifs is 1. The van der Waals surface area contributed by atoms with E-state index in [9.17, 15) is 4.79 Å². The summed E-state index contributed by atoms with van der Waals surface area (Å²) in [4.78, 5) is 18.8. The molecule has 1 unspecified atom stereocenters. The highest BCUT2D eigenvalue weighted by Crippen LogP contribution is 2.34. The largest absolute Gasteiger partial charge is 0.493 e. The number of benzene rings is 1. The van der Waals surface area contributed by atoms with Crippen molar-refractivity contribution in [1.82, 2.24) is 15.2 Å². The van der Waals surface area contributed by atoms with Crippen molar-refractivity contribution in [3.05, 3.63) is 59.9 Å². The second-order valence-corrected chi connectivity index (χ2v) is 7.16. The van der Waals surface area contributed by atoms with Gasteiger partial charge in [-0.2, -0.15) is 0 Å². The topological polar surface area (TPSA) is 54.5 Å². The van der Waals surface area contributed by atoms with Gasteiger partial charge in [0.15, 0.2) is 0 Å². The van der Waals surface area contributed by atoms with Gasteiger partial charge in [-0.3, -0.25) is 9.78 Å². The Kier molecular flexibility index (Phi) is 8.55. The third-order valence-corrected chi connectivity index (χ3v) is 5.43. The number of carbonyl (C=O) groups excluding carboxylic acids is 1. The standard InChI is InChI=1S/C21H25N3O2.2ClH/c25-21(16-5-10-22-11-6-16)23-18-7-12-24(13-8-18)15-17-9-14-26-20-4-2-1-3-19(17)20;;/h1-6,10-11,17-18H,7-9,12-15H2,(H,23,25);2*1H. The van der Waals surface area contributed by atoms with Gasteiger partial charge in [0.05, 0.1) is 6.61 Å². The van der Waals surface area contributed by atoms with Gasteiger partial charge in [-0.25, -0.2) is 0 Å². The molecule has 1 fully saturated rings. The molecule has 152 valence electrons. The van der Waals surface area contributed by atoms with E-state index in [1.165, 1.54) is 5.56 Å². The SMILES string of the molecule is Cl.Cl.O=C(NC1CCN(CC2CCOc3ccccc32)CC1)c1ccncc1. The summed E-state index contributed by atoms with van der Waals surface area (Å²) in [5.41, 5.74) is 2.02. The fourth-order valence-electron chi connectivity index (χ4n) is 3.95. The van der Waals surface area contributed by atoms with Crippen LogP contribution in [0.15, 0.2) is 48.8 Å². The smallest absolute Gasteiger partial charge is 0.251 e. The molecular formula is C21H27Cl2N3O2. The number of para-hydroxylation sites is 1. The van der Waals surface area contributed by atoms with E-state index in [4.69, 9.17) is 4.74 Å². The van der Waals surface area contributed by atoms with E-state index in [0.717, 1.165) is 51.3 Å². The van der Waals surface area contributed by atoms with Gasteiger partial charge in [-0.1, -0.05) is 18.2 Å². The summed E-state index contributed by atoms with van der Waals surface area (Å²) in [6.07, 6.45) is 6.39. The maximum atomic E-state index is 12.3. The molecule has 1 amide bonds. The molecular weight excluding hydrogens is 397 g/mol. The number of hydrogen-bond acceptors (Lipinski definition) is 4. The van der Waals surface area contributed by atoms with E-state index >= 15 is 0 Å². The molecule has 0 radical (unpaired) electrons. The fourth-order valence-corrected chi connectivity index (χ4v) is 3.95. The number of carbonyl (C=O) groups is 1. The zero-order valence-corrected chi connectivity index (χ0v) is 17.4. The molecule has 1 aromatic carbocycles. The zero-order valence-electron chi connectivity index (χ0n) is 15.8. The first-order valence-corrected chi connectivity index (χ1v) is 9.44. The van der Waals surface area contributed by atoms with Gasteiger partial charge in [0.25, 0.3) is 5.91 Å². The van der Waals surface area contributed by atoms with Crippen LogP contribution in [0, 0.1) is 0 Å². The normalized spacial score (nSPS) is 19.4. The quantitative estimate of drug-likeness (QED) is 0.814. The van der Waals surface area contributed by atoms with Crippen LogP contribution in [0.2, 0.25) is 0 Å². The van der Waals surface area contributed by atoms with E-state index in [1.54, 1.807) is 24.5 Å². The Labute approximate surface area is 178 Å². The van der Waals surface area contributed by atoms with Crippen LogP contribution in [-0.4, -0.2) is 48.1 Å². The Morgan fingerprint density at radius 2 is 1.79 bits per heavy atom. The molecule has 7 heteroatoms. The van der Waals surface area contributed by atoms with Gasteiger partial charge in [0.1, 0.15) is 5.75 Å². The van der Waals surface area contributed by atoms with Crippen molar-refractivity contribution in [2.45, 2.75) is 31.2 Å². The molecule has 0 saturated carbocycles. The lowest BCUT2D eigenvalue weighted by Gasteiger charge is -2.36. The Morgan fingerprint density at radius 3 is 2.54 bits per heavy atom. The number of nitrogens with one attached hydrogen (secondary N) is 1. The van der Waals surface area contributed by atoms with Crippen LogP contribution in [-0.2, 0) is 0 Å². The van der Waals surface area contributed by atoms with E-state index < -0.39 is 0 Å². The summed E-state index contributed by atoms with van der Waals surface area (Å²) in [5, 5.41) is 3.16. The molecule has 1 saturated heterocycles. The minimum atomic E-state index is 0. The van der Waals surface area contributed by atoms with Gasteiger partial charge < -0.3 is 15.0 Å². The van der Waals surface area contributed by atoms with Crippen LogP contribution >= 0.6 is 24.8 Å². The average molecular weight is 424 g/mol. The molecule has 5 nitrogen and oxygen atoms in total. The van der Waals surface area contributed by atoms with Crippen LogP contribution < -0.4 is 10.1 Å². The highest BCUT2D eigenvalue weighted by atomic mass is 35.5. The number of halogens is 2. The third kappa shape index (κ3) is 5.37. The molecule has 28 heavy (non-hydrogen) atoms. The van der Waals surface area contributed by atoms with Crippen molar-refractivity contribution in [3.8, 4) is 5.75 Å². The monoisotopic (exact) mass is 423 g/mol. The first kappa shape index (κ1) is 22.5. The minimum Gasteiger partial charge on any atom is -0.493 e. The molecule has 0 bridgehead atoms. The molecule has 2 aliphatic rings. The molecule has 1 aromatic heterocycles. The van der Waals surface area contributed by atoms with Crippen LogP contribution in [0.1, 0.15) is 41.1 Å². The highest BCUT2D eigenvalue weighted by Gasteiger charge is 2.26. The number of nitrogens with zero attached hydrogens (tertiary/aromatic N) is 2. The Morgan fingerprint density at radius 1 is 1.07 bits per heavy atom. The lowest BCUT2D eigenvalue weighted by atomic mass is 9.91. The van der Waals surface area contributed by atoms with E-state index in [1.807, 2.05) is 6.07 Å². The summed E-state index contributed by atoms with van der Waals surface area (Å²) in [7, 11) is 0. The summed E-state index contributed by atoms with van der Waals surface area (Å²) < 4.78 is 5.78. The summed E-state index contributed by atoms with van der Waals surface area (Å²) >= 11 is 0. The molecule has 1 N–H and O–H groups in total. The number of amides is 1. The molecule has 0 aliphatic carbocycles. The molecule has 4 rings (SSSR count). The molecule has 2 aromatic rings. The molecule has 1 atom stereocenters. The maximum absolute atomic E-state index is 12.3. The number of rotatable bonds is 4. The number of ether oxygens (including phenoxy) is 1. The second kappa shape index (κ2) is 10.6. The summed E-state index contributed by atoms with van der Waals surface area (Å²) in [6.45, 7) is 3.94. The average Bonchev–Trinajstić information content (AvgIpc) is 2.70. The first-order chi connectivity index (χ1) is 12.8. The Bertz CT molecular complexity index is 752. The van der Waals surface area contributed by atoms with Crippen molar-refractivity contribution in [2.75, 3.05) is 26.2 Å². The molecule has 0 spiro atoms. The lowest BCUT2D eigenvalue weighted by molar-refractivity contribution is 0.0906. The number of likely N-dealkylation sites (tertiary alicyclic amines) is 1. The van der Waals surface area contributed by atoms with Gasteiger partial charge in [0.2, 0.25) is 0 Å². The van der Waals surface area contributed by atoms with Crippen molar-refractivity contribution in [2.24, 2.45) is 0 Å². The fraction of sp³-hybridized carbons (Fsp3) is 0.429. The third-order valence-electron chi connectivity index (χ3n) is 5.43. The molecule has 2 aliphatic heterocycles. The Hall–Kier alpha value is -1.82. The van der Waals surface area contributed by atoms with Gasteiger partial charge in [0, 0.05) is 49.6 Å². The van der Waals surface area contributed by atoms with E-state index in [-0.39, 0.29) is 36.8 Å². The lowest BCUT2D eigenvalue weighted by Crippen LogP contribution is -2.45. The molecule has 3 heterocycles. The number of pyridine rings is 1. The van der Waals surface area contributed by atoms with Crippen molar-refractivity contribution in [1.29, 1.82) is 0 Å². The van der Waals surface area contributed by atoms with Crippen molar-refractivity contribution < 1.29 is 9.53 Å². The van der Waals surface area contributed by atoms with Gasteiger partial charge in [-0.05, 0) is 43.0 Å². The first-order valence-electron chi connectivity index (χ1n) is 9.44. The number of piperidine rings is 1. The highest BCUT2D eigenvalue weighted by molar-refractivity contribution is 5.94. The summed E-state index contributed by atoms with van der Waals surface area (Å²) in [6, 6.07) is 12.2. The van der Waals surface area contributed by atoms with E-state index in [2.05, 4.69) is 33.4 Å². The van der Waals surface area contributed by atoms with Crippen LogP contribution in [0.25, 0.3) is 0 Å². The minimum absolute atomic E-state index is 0. The zero-order chi connectivity index (χ0) is 17.8. The van der Waals surface area contributed by atoms with E-state index in [0.29, 0.717) is 11.5 Å². The predicted octanol–water partition coefficient (Wildman–Crippen LogP) is 3.69. The van der Waals surface area contributed by atoms with Crippen molar-refractivity contribution >= 4 is 30.7 Å². The Balaban J connectivity index is 0.00000140. The van der Waals surface area contributed by atoms with Crippen molar-refractivity contribution in [3.63, 3.8) is 0 Å². The van der Waals surface area contributed by atoms with Gasteiger partial charge >= 0.3 is 0 Å². The van der Waals surface area contributed by atoms with Crippen LogP contribution in [0.4, 0.5) is 0 Å². The number of aromatic nitrogens is 1. The predicted molar refractivity (Wildman–Crippen MR) is 115 cm³/mol. The van der Waals surface area contributed by atoms with Crippen LogP contribution in [0.5, 0.6) is 5.75 Å². The van der Waals surface area contributed by atoms with Crippen LogP contribution in [0.3, 0.4) is 0 Å². The summed E-state index contributed by atoms with van der Waals surface area (Å²) in [5.74, 6) is 1.59.